The molecule has 1 aromatic heterocycles. The molecule has 2 fully saturated rings. The van der Waals surface area contributed by atoms with Gasteiger partial charge in [-0.3, -0.25) is 0 Å². The molecule has 0 amide bonds. The Morgan fingerprint density at radius 1 is 1.00 bits per heavy atom. The van der Waals surface area contributed by atoms with Crippen LogP contribution < -0.4 is 15.4 Å². The third-order valence-electron chi connectivity index (χ3n) is 7.03. The minimum absolute atomic E-state index is 0. The van der Waals surface area contributed by atoms with Crippen LogP contribution in [0.4, 0.5) is 24.7 Å². The first-order chi connectivity index (χ1) is 15.8. The number of anilines is 2. The molecular weight excluding hydrogens is 642 g/mol. The van der Waals surface area contributed by atoms with Crippen molar-refractivity contribution < 1.29 is 42.0 Å². The van der Waals surface area contributed by atoms with Crippen molar-refractivity contribution in [2.75, 3.05) is 23.1 Å². The molecule has 0 spiro atoms. The van der Waals surface area contributed by atoms with Gasteiger partial charge in [0.15, 0.2) is 5.82 Å². The first-order valence-corrected chi connectivity index (χ1v) is 12.3. The van der Waals surface area contributed by atoms with Crippen LogP contribution in [-0.4, -0.2) is 29.3 Å². The number of rotatable bonds is 5. The van der Waals surface area contributed by atoms with Gasteiger partial charge in [0.05, 0.1) is 11.3 Å². The molecule has 6 rings (SSSR count). The van der Waals surface area contributed by atoms with Crippen molar-refractivity contribution >= 4 is 22.4 Å². The number of nitrogens with zero attached hydrogens (tertiary/aromatic N) is 2. The van der Waals surface area contributed by atoms with Crippen LogP contribution in [0.25, 0.3) is 11.3 Å². The molecule has 1 aliphatic heterocycles. The number of piperidine rings is 1. The molecule has 2 heterocycles. The fourth-order valence-corrected chi connectivity index (χ4v) is 5.88. The molecule has 3 N–H and O–H groups in total. The number of hydrogen-bond donors (Lipinski definition) is 3. The van der Waals surface area contributed by atoms with Crippen LogP contribution in [0.5, 0.6) is 0 Å². The quantitative estimate of drug-likeness (QED) is 0.401. The van der Waals surface area contributed by atoms with Crippen LogP contribution in [0.1, 0.15) is 67.1 Å². The molecule has 1 saturated carbocycles. The van der Waals surface area contributed by atoms with Crippen molar-refractivity contribution in [2.45, 2.75) is 62.6 Å². The third-order valence-corrected chi connectivity index (χ3v) is 7.41. The largest absolute Gasteiger partial charge is 0.419 e. The maximum Gasteiger partial charge on any atom is 0.416 e. The van der Waals surface area contributed by atoms with Crippen molar-refractivity contribution in [2.24, 2.45) is 0 Å². The van der Waals surface area contributed by atoms with Crippen LogP contribution in [0.3, 0.4) is 0 Å². The van der Waals surface area contributed by atoms with Crippen molar-refractivity contribution in [3.8, 4) is 11.3 Å². The van der Waals surface area contributed by atoms with E-state index in [0.717, 1.165) is 80.7 Å². The fraction of sp³-hybridized carbons (Fsp3) is 0.545. The fourth-order valence-electron chi connectivity index (χ4n) is 5.54. The van der Waals surface area contributed by atoms with Gasteiger partial charge in [-0.05, 0) is 74.6 Å². The van der Waals surface area contributed by atoms with Crippen LogP contribution >= 0.6 is 0 Å². The second kappa shape index (κ2) is 10.1. The Bertz CT molecular complexity index is 1120. The first kappa shape index (κ1) is 25.4. The van der Waals surface area contributed by atoms with Gasteiger partial charge in [-0.1, -0.05) is 6.07 Å². The molecule has 1 atom stereocenters. The topological polar surface area (TPSA) is 96.0 Å². The van der Waals surface area contributed by atoms with Gasteiger partial charge in [0.25, 0.3) is 0 Å². The van der Waals surface area contributed by atoms with E-state index >= 15 is 0 Å². The van der Waals surface area contributed by atoms with E-state index in [9.17, 15) is 21.6 Å². The van der Waals surface area contributed by atoms with E-state index in [-0.39, 0.29) is 38.1 Å². The maximum atomic E-state index is 13.3. The summed E-state index contributed by atoms with van der Waals surface area (Å²) in [5.74, 6) is 1.30. The van der Waals surface area contributed by atoms with Crippen LogP contribution in [0.15, 0.2) is 18.2 Å². The van der Waals surface area contributed by atoms with E-state index in [1.165, 1.54) is 6.07 Å². The standard InChI is InChI=1S/C22H25F3N5O2S.Re/c23-22(24,25)14-7-8-16(17(10-14)30-33(31)32)20-18-12-3-5-13(6-4-12)19(18)21(29-28-20)27-15-2-1-9-26-11-15;/h7-8,10,12-13,15,26H,1-6,9,11H2,(H,27,29)(H,30,31,32);/q-1;. The Morgan fingerprint density at radius 2 is 1.71 bits per heavy atom. The molecule has 1 unspecified atom stereocenters. The van der Waals surface area contributed by atoms with Crippen LogP contribution in [0, 0.1) is 0 Å². The van der Waals surface area contributed by atoms with Crippen molar-refractivity contribution in [1.29, 1.82) is 0 Å². The summed E-state index contributed by atoms with van der Waals surface area (Å²) >= 11 is 0. The van der Waals surface area contributed by atoms with Gasteiger partial charge < -0.3 is 23.8 Å². The molecule has 2 aromatic rings. The maximum absolute atomic E-state index is 13.3. The molecule has 3 aliphatic carbocycles. The number of halogens is 3. The summed E-state index contributed by atoms with van der Waals surface area (Å²) in [4.78, 5) is 0. The number of aromatic nitrogens is 2. The van der Waals surface area contributed by atoms with Gasteiger partial charge in [-0.2, -0.15) is 13.2 Å². The summed E-state index contributed by atoms with van der Waals surface area (Å²) in [6.07, 6.45) is 1.57. The van der Waals surface area contributed by atoms with E-state index in [1.807, 2.05) is 0 Å². The van der Waals surface area contributed by atoms with Crippen molar-refractivity contribution in [3.05, 3.63) is 34.9 Å². The molecular formula is C22H25F3N5O2ReS-. The summed E-state index contributed by atoms with van der Waals surface area (Å²) in [5, 5.41) is 15.9. The van der Waals surface area contributed by atoms with Gasteiger partial charge in [-0.15, -0.1) is 10.2 Å². The van der Waals surface area contributed by atoms with E-state index in [1.54, 1.807) is 0 Å². The summed E-state index contributed by atoms with van der Waals surface area (Å²) in [6.45, 7) is 1.84. The molecule has 2 bridgehead atoms. The molecule has 1 radical (unpaired) electrons. The average molecular weight is 667 g/mol. The van der Waals surface area contributed by atoms with E-state index < -0.39 is 22.6 Å². The van der Waals surface area contributed by atoms with E-state index in [0.29, 0.717) is 17.2 Å². The monoisotopic (exact) mass is 667 g/mol. The third kappa shape index (κ3) is 4.96. The summed E-state index contributed by atoms with van der Waals surface area (Å²) < 4.78 is 64.7. The zero-order valence-electron chi connectivity index (χ0n) is 18.3. The van der Waals surface area contributed by atoms with Crippen molar-refractivity contribution in [1.82, 2.24) is 15.5 Å². The normalized spacial score (nSPS) is 23.8. The molecule has 1 aromatic carbocycles. The Hall–Kier alpha value is -1.74. The predicted octanol–water partition coefficient (Wildman–Crippen LogP) is 4.71. The van der Waals surface area contributed by atoms with Gasteiger partial charge in [0.2, 0.25) is 0 Å². The molecule has 12 heteroatoms. The molecule has 34 heavy (non-hydrogen) atoms. The Kier molecular flexibility index (Phi) is 7.53. The average Bonchev–Trinajstić information content (AvgIpc) is 2.80. The Morgan fingerprint density at radius 3 is 2.32 bits per heavy atom. The molecule has 4 aliphatic rings. The number of fused-ring (bicyclic) bond motifs is 2. The van der Waals surface area contributed by atoms with Crippen LogP contribution in [0.2, 0.25) is 0 Å². The number of hydrogen-bond acceptors (Lipinski definition) is 7. The smallest absolute Gasteiger partial charge is 0.416 e. The van der Waals surface area contributed by atoms with Gasteiger partial charge in [-0.25, -0.2) is 0 Å². The molecule has 7 nitrogen and oxygen atoms in total. The van der Waals surface area contributed by atoms with Crippen LogP contribution in [-0.2, 0) is 45.9 Å². The summed E-state index contributed by atoms with van der Waals surface area (Å²) in [5.41, 5.74) is 1.81. The number of nitrogens with one attached hydrogen (secondary N) is 3. The minimum atomic E-state index is -4.59. The first-order valence-electron chi connectivity index (χ1n) is 11.3. The second-order valence-corrected chi connectivity index (χ2v) is 9.73. The number of alkyl halides is 3. The predicted molar refractivity (Wildman–Crippen MR) is 118 cm³/mol. The SMILES string of the molecule is O=[S-](=O)Nc1cc(C(F)(F)F)ccc1-c1nnc(NC2CCCNC2)c2c1C1CCC2CC1.[Re]. The molecule has 1 saturated heterocycles. The van der Waals surface area contributed by atoms with E-state index in [4.69, 9.17) is 0 Å². The Labute approximate surface area is 211 Å². The summed E-state index contributed by atoms with van der Waals surface area (Å²) in [6, 6.07) is 3.32. The zero-order valence-corrected chi connectivity index (χ0v) is 21.8. The second-order valence-electron chi connectivity index (χ2n) is 9.06. The van der Waals surface area contributed by atoms with Gasteiger partial charge in [0.1, 0.15) is 0 Å². The van der Waals surface area contributed by atoms with E-state index in [2.05, 4.69) is 25.6 Å². The number of benzene rings is 1. The zero-order chi connectivity index (χ0) is 23.2. The summed E-state index contributed by atoms with van der Waals surface area (Å²) in [7, 11) is -2.78. The van der Waals surface area contributed by atoms with Gasteiger partial charge >= 0.3 is 6.18 Å². The molecule has 185 valence electrons. The van der Waals surface area contributed by atoms with Gasteiger partial charge in [0, 0.05) is 60.7 Å². The Balaban J connectivity index is 0.00000274. The van der Waals surface area contributed by atoms with Crippen molar-refractivity contribution in [3.63, 3.8) is 0 Å². The minimum Gasteiger partial charge on any atom is -0.419 e.